The quantitative estimate of drug-likeness (QED) is 0.425. The molecule has 2 aromatic carbocycles. The lowest BCUT2D eigenvalue weighted by Crippen LogP contribution is -2.17. The second kappa shape index (κ2) is 9.43. The molecular weight excluding hydrogens is 386 g/mol. The number of ether oxygens (including phenoxy) is 1. The first-order valence-corrected chi connectivity index (χ1v) is 9.89. The van der Waals surface area contributed by atoms with Crippen LogP contribution in [0.1, 0.15) is 40.7 Å². The molecule has 0 radical (unpaired) electrons. The van der Waals surface area contributed by atoms with E-state index in [1.165, 1.54) is 0 Å². The van der Waals surface area contributed by atoms with Gasteiger partial charge in [-0.25, -0.2) is 5.43 Å². The molecule has 6 heteroatoms. The Labute approximate surface area is 176 Å². The number of carbonyl (C=O) groups excluding carboxylic acids is 1. The lowest BCUT2D eigenvalue weighted by atomic mass is 10.2. The third-order valence-corrected chi connectivity index (χ3v) is 4.84. The highest BCUT2D eigenvalue weighted by molar-refractivity contribution is 6.32. The van der Waals surface area contributed by atoms with Gasteiger partial charge in [0.25, 0.3) is 5.91 Å². The van der Waals surface area contributed by atoms with Crippen LogP contribution in [0.25, 0.3) is 5.69 Å². The normalized spacial score (nSPS) is 11.0. The minimum atomic E-state index is -0.275. The molecule has 0 aliphatic carbocycles. The second-order valence-corrected chi connectivity index (χ2v) is 7.09. The molecule has 0 atom stereocenters. The number of aromatic nitrogens is 1. The van der Waals surface area contributed by atoms with Crippen LogP contribution in [0, 0.1) is 13.8 Å². The van der Waals surface area contributed by atoms with Crippen molar-refractivity contribution in [3.05, 3.63) is 82.1 Å². The number of carbonyl (C=O) groups is 1. The number of halogens is 1. The number of hydrazone groups is 1. The van der Waals surface area contributed by atoms with E-state index in [2.05, 4.69) is 15.1 Å². The Morgan fingerprint density at radius 2 is 1.90 bits per heavy atom. The van der Waals surface area contributed by atoms with Crippen LogP contribution in [0.5, 0.6) is 5.75 Å². The summed E-state index contributed by atoms with van der Waals surface area (Å²) < 4.78 is 7.60. The van der Waals surface area contributed by atoms with Crippen LogP contribution in [0.2, 0.25) is 5.02 Å². The SMILES string of the molecule is CCCOc1ccc(C(=O)N/N=C\c2cc(C)n(-c3ccccc3Cl)c2C)cc1. The van der Waals surface area contributed by atoms with Gasteiger partial charge in [-0.1, -0.05) is 30.7 Å². The van der Waals surface area contributed by atoms with Crippen LogP contribution in [-0.4, -0.2) is 23.3 Å². The van der Waals surface area contributed by atoms with Crippen LogP contribution in [-0.2, 0) is 0 Å². The minimum absolute atomic E-state index is 0.275. The molecule has 150 valence electrons. The first kappa shape index (κ1) is 20.7. The Kier molecular flexibility index (Phi) is 6.73. The van der Waals surface area contributed by atoms with Crippen LogP contribution >= 0.6 is 11.6 Å². The zero-order chi connectivity index (χ0) is 20.8. The van der Waals surface area contributed by atoms with Crippen molar-refractivity contribution < 1.29 is 9.53 Å². The lowest BCUT2D eigenvalue weighted by molar-refractivity contribution is 0.0955. The van der Waals surface area contributed by atoms with Crippen LogP contribution in [0.15, 0.2) is 59.7 Å². The first-order chi connectivity index (χ1) is 14.0. The van der Waals surface area contributed by atoms with Gasteiger partial charge in [-0.3, -0.25) is 4.79 Å². The molecule has 0 spiro atoms. The van der Waals surface area contributed by atoms with Crippen molar-refractivity contribution in [1.29, 1.82) is 0 Å². The van der Waals surface area contributed by atoms with Gasteiger partial charge in [0, 0.05) is 22.5 Å². The molecule has 1 N–H and O–H groups in total. The summed E-state index contributed by atoms with van der Waals surface area (Å²) in [5.41, 5.74) is 6.94. The van der Waals surface area contributed by atoms with E-state index in [1.807, 2.05) is 51.1 Å². The molecule has 0 saturated heterocycles. The van der Waals surface area contributed by atoms with Gasteiger partial charge >= 0.3 is 0 Å². The Hall–Kier alpha value is -3.05. The summed E-state index contributed by atoms with van der Waals surface area (Å²) in [6.45, 7) is 6.71. The predicted octanol–water partition coefficient (Wildman–Crippen LogP) is 5.30. The van der Waals surface area contributed by atoms with E-state index in [4.69, 9.17) is 16.3 Å². The van der Waals surface area contributed by atoms with Gasteiger partial charge < -0.3 is 9.30 Å². The average molecular weight is 410 g/mol. The molecule has 0 aliphatic heterocycles. The van der Waals surface area contributed by atoms with Crippen LogP contribution < -0.4 is 10.2 Å². The first-order valence-electron chi connectivity index (χ1n) is 9.51. The molecule has 3 rings (SSSR count). The number of para-hydroxylation sites is 1. The van der Waals surface area contributed by atoms with Gasteiger partial charge in [0.15, 0.2) is 0 Å². The predicted molar refractivity (Wildman–Crippen MR) is 118 cm³/mol. The second-order valence-electron chi connectivity index (χ2n) is 6.69. The largest absolute Gasteiger partial charge is 0.494 e. The lowest BCUT2D eigenvalue weighted by Gasteiger charge is -2.11. The van der Waals surface area contributed by atoms with Gasteiger partial charge in [0.1, 0.15) is 5.75 Å². The van der Waals surface area contributed by atoms with Crippen LogP contribution in [0.4, 0.5) is 0 Å². The Bertz CT molecular complexity index is 1020. The molecule has 3 aromatic rings. The third-order valence-electron chi connectivity index (χ3n) is 4.52. The van der Waals surface area contributed by atoms with Crippen molar-refractivity contribution in [2.24, 2.45) is 5.10 Å². The molecule has 0 saturated carbocycles. The van der Waals surface area contributed by atoms with E-state index in [9.17, 15) is 4.79 Å². The van der Waals surface area contributed by atoms with E-state index < -0.39 is 0 Å². The third kappa shape index (κ3) is 4.87. The van der Waals surface area contributed by atoms with Crippen molar-refractivity contribution in [1.82, 2.24) is 9.99 Å². The highest BCUT2D eigenvalue weighted by atomic mass is 35.5. The fraction of sp³-hybridized carbons (Fsp3) is 0.217. The van der Waals surface area contributed by atoms with Gasteiger partial charge in [-0.05, 0) is 62.7 Å². The smallest absolute Gasteiger partial charge is 0.271 e. The van der Waals surface area contributed by atoms with Crippen molar-refractivity contribution in [2.45, 2.75) is 27.2 Å². The number of aryl methyl sites for hydroxylation is 1. The molecule has 0 bridgehead atoms. The molecule has 1 heterocycles. The maximum Gasteiger partial charge on any atom is 0.271 e. The van der Waals surface area contributed by atoms with Gasteiger partial charge in [-0.2, -0.15) is 5.10 Å². The summed E-state index contributed by atoms with van der Waals surface area (Å²) >= 11 is 6.34. The minimum Gasteiger partial charge on any atom is -0.494 e. The monoisotopic (exact) mass is 409 g/mol. The molecular formula is C23H24ClN3O2. The summed E-state index contributed by atoms with van der Waals surface area (Å²) in [5, 5.41) is 4.80. The van der Waals surface area contributed by atoms with Crippen LogP contribution in [0.3, 0.4) is 0 Å². The van der Waals surface area contributed by atoms with E-state index in [-0.39, 0.29) is 5.91 Å². The molecule has 0 fully saturated rings. The summed E-state index contributed by atoms with van der Waals surface area (Å²) in [6, 6.07) is 16.7. The van der Waals surface area contributed by atoms with Gasteiger partial charge in [0.05, 0.1) is 23.5 Å². The maximum atomic E-state index is 12.3. The Morgan fingerprint density at radius 1 is 1.17 bits per heavy atom. The molecule has 1 amide bonds. The number of hydrogen-bond donors (Lipinski definition) is 1. The summed E-state index contributed by atoms with van der Waals surface area (Å²) in [7, 11) is 0. The van der Waals surface area contributed by atoms with E-state index in [0.29, 0.717) is 17.2 Å². The Balaban J connectivity index is 1.70. The maximum absolute atomic E-state index is 12.3. The number of nitrogens with zero attached hydrogens (tertiary/aromatic N) is 2. The van der Waals surface area contributed by atoms with Crippen molar-refractivity contribution in [3.8, 4) is 11.4 Å². The van der Waals surface area contributed by atoms with E-state index in [1.54, 1.807) is 30.5 Å². The molecule has 0 aliphatic rings. The number of rotatable bonds is 7. The van der Waals surface area contributed by atoms with Gasteiger partial charge in [0.2, 0.25) is 0 Å². The molecule has 1 aromatic heterocycles. The zero-order valence-corrected chi connectivity index (χ0v) is 17.5. The van der Waals surface area contributed by atoms with Gasteiger partial charge in [-0.15, -0.1) is 0 Å². The highest BCUT2D eigenvalue weighted by Crippen LogP contribution is 2.25. The standard InChI is InChI=1S/C23H24ClN3O2/c1-4-13-29-20-11-9-18(10-12-20)23(28)26-25-15-19-14-16(2)27(17(19)3)22-8-6-5-7-21(22)24/h5-12,14-15H,4,13H2,1-3H3,(H,26,28)/b25-15-. The van der Waals surface area contributed by atoms with Crippen molar-refractivity contribution >= 4 is 23.7 Å². The summed E-state index contributed by atoms with van der Waals surface area (Å²) in [5.74, 6) is 0.474. The Morgan fingerprint density at radius 3 is 2.59 bits per heavy atom. The highest BCUT2D eigenvalue weighted by Gasteiger charge is 2.12. The number of benzene rings is 2. The van der Waals surface area contributed by atoms with Crippen molar-refractivity contribution in [2.75, 3.05) is 6.61 Å². The summed E-state index contributed by atoms with van der Waals surface area (Å²) in [6.07, 6.45) is 2.58. The molecule has 5 nitrogen and oxygen atoms in total. The average Bonchev–Trinajstić information content (AvgIpc) is 3.00. The topological polar surface area (TPSA) is 55.6 Å². The number of amides is 1. The number of nitrogens with one attached hydrogen (secondary N) is 1. The van der Waals surface area contributed by atoms with Crippen molar-refractivity contribution in [3.63, 3.8) is 0 Å². The molecule has 0 unspecified atom stereocenters. The number of hydrogen-bond acceptors (Lipinski definition) is 3. The van der Waals surface area contributed by atoms with E-state index in [0.717, 1.165) is 34.8 Å². The fourth-order valence-corrected chi connectivity index (χ4v) is 3.29. The zero-order valence-electron chi connectivity index (χ0n) is 16.8. The van der Waals surface area contributed by atoms with E-state index >= 15 is 0 Å². The molecule has 29 heavy (non-hydrogen) atoms. The summed E-state index contributed by atoms with van der Waals surface area (Å²) in [4.78, 5) is 12.3. The fourth-order valence-electron chi connectivity index (χ4n) is 3.07.